The van der Waals surface area contributed by atoms with Gasteiger partial charge < -0.3 is 21.3 Å². The Labute approximate surface area is 163 Å². The molecule has 27 heavy (non-hydrogen) atoms. The minimum Gasteiger partial charge on any atom is -0.481 e. The summed E-state index contributed by atoms with van der Waals surface area (Å²) in [6.45, 7) is 2.60. The van der Waals surface area contributed by atoms with Crippen LogP contribution < -0.4 is 11.1 Å². The van der Waals surface area contributed by atoms with Gasteiger partial charge in [-0.3, -0.25) is 14.4 Å². The highest BCUT2D eigenvalue weighted by Crippen LogP contribution is 2.16. The molecule has 7 heteroatoms. The molecule has 0 saturated heterocycles. The molecule has 0 heterocycles. The van der Waals surface area contributed by atoms with Gasteiger partial charge in [-0.1, -0.05) is 58.3 Å². The van der Waals surface area contributed by atoms with Crippen LogP contribution in [0.25, 0.3) is 0 Å². The van der Waals surface area contributed by atoms with E-state index in [9.17, 15) is 19.5 Å². The molecule has 0 saturated carbocycles. The summed E-state index contributed by atoms with van der Waals surface area (Å²) in [5.41, 5.74) is 5.40. The molecule has 0 aliphatic heterocycles. The fraction of sp³-hybridized carbons (Fsp3) is 0.850. The molecular weight excluding hydrogens is 348 g/mol. The lowest BCUT2D eigenvalue weighted by molar-refractivity contribution is -0.144. The number of hydrogen-bond acceptors (Lipinski definition) is 4. The molecule has 158 valence electrons. The van der Waals surface area contributed by atoms with E-state index >= 15 is 0 Å². The van der Waals surface area contributed by atoms with Crippen molar-refractivity contribution in [2.45, 2.75) is 96.4 Å². The average molecular weight is 387 g/mol. The van der Waals surface area contributed by atoms with Gasteiger partial charge in [-0.2, -0.15) is 0 Å². The van der Waals surface area contributed by atoms with Gasteiger partial charge in [0.2, 0.25) is 5.91 Å². The predicted octanol–water partition coefficient (Wildman–Crippen LogP) is 3.31. The van der Waals surface area contributed by atoms with Gasteiger partial charge >= 0.3 is 11.9 Å². The van der Waals surface area contributed by atoms with E-state index in [1.54, 1.807) is 0 Å². The third-order valence-electron chi connectivity index (χ3n) is 4.77. The van der Waals surface area contributed by atoms with Crippen molar-refractivity contribution in [1.29, 1.82) is 0 Å². The third-order valence-corrected chi connectivity index (χ3v) is 4.77. The number of carboxylic acids is 2. The summed E-state index contributed by atoms with van der Waals surface area (Å²) in [5.74, 6) is -2.83. The van der Waals surface area contributed by atoms with Crippen molar-refractivity contribution in [1.82, 2.24) is 5.32 Å². The number of amides is 1. The second-order valence-corrected chi connectivity index (χ2v) is 7.29. The van der Waals surface area contributed by atoms with Crippen LogP contribution in [-0.2, 0) is 14.4 Å². The van der Waals surface area contributed by atoms with E-state index < -0.39 is 23.9 Å². The molecule has 0 aliphatic rings. The van der Waals surface area contributed by atoms with Crippen LogP contribution in [0, 0.1) is 5.92 Å². The summed E-state index contributed by atoms with van der Waals surface area (Å²) >= 11 is 0. The molecule has 1 unspecified atom stereocenters. The predicted molar refractivity (Wildman–Crippen MR) is 105 cm³/mol. The molecule has 0 aromatic heterocycles. The van der Waals surface area contributed by atoms with E-state index in [2.05, 4.69) is 12.2 Å². The number of rotatable bonds is 18. The molecule has 7 nitrogen and oxygen atoms in total. The van der Waals surface area contributed by atoms with E-state index in [-0.39, 0.29) is 12.3 Å². The van der Waals surface area contributed by atoms with Gasteiger partial charge in [0.1, 0.15) is 6.04 Å². The average Bonchev–Trinajstić information content (AvgIpc) is 2.62. The van der Waals surface area contributed by atoms with Gasteiger partial charge in [-0.15, -0.1) is 0 Å². The Morgan fingerprint density at radius 3 is 1.93 bits per heavy atom. The number of carbonyl (C=O) groups is 3. The number of hydrogen-bond donors (Lipinski definition) is 4. The van der Waals surface area contributed by atoms with E-state index in [1.165, 1.54) is 32.1 Å². The van der Waals surface area contributed by atoms with E-state index in [4.69, 9.17) is 10.8 Å². The fourth-order valence-electron chi connectivity index (χ4n) is 2.97. The van der Waals surface area contributed by atoms with Gasteiger partial charge in [-0.05, 0) is 25.7 Å². The zero-order valence-electron chi connectivity index (χ0n) is 16.8. The lowest BCUT2D eigenvalue weighted by atomic mass is 9.96. The Morgan fingerprint density at radius 1 is 0.815 bits per heavy atom. The number of aliphatic carboxylic acids is 2. The quantitative estimate of drug-likeness (QED) is 0.267. The normalized spacial score (nSPS) is 13.1. The number of carboxylic acid groups (broad SMARTS) is 2. The van der Waals surface area contributed by atoms with Crippen molar-refractivity contribution in [2.75, 3.05) is 6.54 Å². The minimum atomic E-state index is -1.02. The van der Waals surface area contributed by atoms with Gasteiger partial charge in [0, 0.05) is 13.0 Å². The third kappa shape index (κ3) is 15.2. The van der Waals surface area contributed by atoms with Crippen LogP contribution in [0.1, 0.15) is 90.4 Å². The molecule has 0 aromatic rings. The van der Waals surface area contributed by atoms with Crippen LogP contribution in [0.4, 0.5) is 0 Å². The molecule has 5 N–H and O–H groups in total. The molecule has 0 aromatic carbocycles. The van der Waals surface area contributed by atoms with Crippen molar-refractivity contribution in [3.8, 4) is 0 Å². The Hall–Kier alpha value is -1.63. The second-order valence-electron chi connectivity index (χ2n) is 7.29. The molecule has 0 bridgehead atoms. The monoisotopic (exact) mass is 386 g/mol. The lowest BCUT2D eigenvalue weighted by Crippen LogP contribution is -2.31. The molecule has 0 spiro atoms. The summed E-state index contributed by atoms with van der Waals surface area (Å²) < 4.78 is 0. The van der Waals surface area contributed by atoms with Crippen LogP contribution in [0.3, 0.4) is 0 Å². The summed E-state index contributed by atoms with van der Waals surface area (Å²) in [6, 6.07) is -0.872. The Kier molecular flexibility index (Phi) is 15.5. The highest BCUT2D eigenvalue weighted by atomic mass is 16.4. The van der Waals surface area contributed by atoms with Crippen LogP contribution in [0.5, 0.6) is 0 Å². The van der Waals surface area contributed by atoms with Crippen LogP contribution in [-0.4, -0.2) is 40.6 Å². The van der Waals surface area contributed by atoms with Crippen molar-refractivity contribution in [3.63, 3.8) is 0 Å². The molecular formula is C20H38N2O5. The van der Waals surface area contributed by atoms with Crippen molar-refractivity contribution in [2.24, 2.45) is 11.7 Å². The van der Waals surface area contributed by atoms with E-state index in [0.29, 0.717) is 32.2 Å². The molecule has 0 radical (unpaired) electrons. The van der Waals surface area contributed by atoms with Gasteiger partial charge in [0.25, 0.3) is 0 Å². The lowest BCUT2D eigenvalue weighted by Gasteiger charge is -2.12. The highest BCUT2D eigenvalue weighted by molar-refractivity contribution is 5.82. The first-order valence-corrected chi connectivity index (χ1v) is 10.4. The van der Waals surface area contributed by atoms with Gasteiger partial charge in [0.05, 0.1) is 5.92 Å². The van der Waals surface area contributed by atoms with Crippen molar-refractivity contribution >= 4 is 17.8 Å². The molecule has 0 fully saturated rings. The minimum absolute atomic E-state index is 0.000469. The van der Waals surface area contributed by atoms with Crippen LogP contribution >= 0.6 is 0 Å². The van der Waals surface area contributed by atoms with E-state index in [0.717, 1.165) is 19.3 Å². The Morgan fingerprint density at radius 2 is 1.37 bits per heavy atom. The zero-order valence-corrected chi connectivity index (χ0v) is 16.8. The summed E-state index contributed by atoms with van der Waals surface area (Å²) in [5, 5.41) is 20.7. The standard InChI is InChI=1S/C20H38N2O5/c1-2-3-4-5-6-7-8-9-12-16(19(24)25)15-18(23)22-14-11-10-13-17(21)20(26)27/h16-17H,2-15,21H2,1H3,(H,22,23)(H,24,25)(H,26,27)/t16?,17-/m0/s1. The number of nitrogens with two attached hydrogens (primary N) is 1. The topological polar surface area (TPSA) is 130 Å². The highest BCUT2D eigenvalue weighted by Gasteiger charge is 2.20. The number of carbonyl (C=O) groups excluding carboxylic acids is 1. The first kappa shape index (κ1) is 25.4. The van der Waals surface area contributed by atoms with Crippen LogP contribution in [0.15, 0.2) is 0 Å². The van der Waals surface area contributed by atoms with Gasteiger partial charge in [-0.25, -0.2) is 0 Å². The number of nitrogens with one attached hydrogen (secondary N) is 1. The largest absolute Gasteiger partial charge is 0.481 e. The van der Waals surface area contributed by atoms with Gasteiger partial charge in [0.15, 0.2) is 0 Å². The molecule has 0 rings (SSSR count). The summed E-state index contributed by atoms with van der Waals surface area (Å²) in [6.07, 6.45) is 11.3. The molecule has 1 amide bonds. The maximum atomic E-state index is 11.9. The Balaban J connectivity index is 3.81. The van der Waals surface area contributed by atoms with Crippen LogP contribution in [0.2, 0.25) is 0 Å². The van der Waals surface area contributed by atoms with E-state index in [1.807, 2.05) is 0 Å². The second kappa shape index (κ2) is 16.5. The summed E-state index contributed by atoms with van der Waals surface area (Å²) in [4.78, 5) is 33.8. The Bertz CT molecular complexity index is 429. The fourth-order valence-corrected chi connectivity index (χ4v) is 2.97. The summed E-state index contributed by atoms with van der Waals surface area (Å²) in [7, 11) is 0. The molecule has 0 aliphatic carbocycles. The zero-order chi connectivity index (χ0) is 20.5. The number of unbranched alkanes of at least 4 members (excludes halogenated alkanes) is 8. The first-order valence-electron chi connectivity index (χ1n) is 10.4. The van der Waals surface area contributed by atoms with Crippen molar-refractivity contribution in [3.05, 3.63) is 0 Å². The maximum Gasteiger partial charge on any atom is 0.320 e. The smallest absolute Gasteiger partial charge is 0.320 e. The first-order chi connectivity index (χ1) is 12.9. The molecule has 2 atom stereocenters. The maximum absolute atomic E-state index is 11.9. The van der Waals surface area contributed by atoms with Crippen molar-refractivity contribution < 1.29 is 24.6 Å². The SMILES string of the molecule is CCCCCCCCCCC(CC(=O)NCCCC[C@H](N)C(=O)O)C(=O)O.